The molecule has 0 atom stereocenters. The van der Waals surface area contributed by atoms with Crippen LogP contribution < -0.4 is 4.72 Å². The molecule has 1 N–H and O–H groups in total. The van der Waals surface area contributed by atoms with Crippen molar-refractivity contribution in [2.24, 2.45) is 5.41 Å². The van der Waals surface area contributed by atoms with Gasteiger partial charge in [-0.25, -0.2) is 4.72 Å². The summed E-state index contributed by atoms with van der Waals surface area (Å²) in [6.45, 7) is 6.48. The molecule has 6 nitrogen and oxygen atoms in total. The lowest BCUT2D eigenvalue weighted by molar-refractivity contribution is 0.0287. The van der Waals surface area contributed by atoms with Crippen LogP contribution in [0.5, 0.6) is 0 Å². The number of rotatable bonds is 6. The van der Waals surface area contributed by atoms with Gasteiger partial charge in [-0.15, -0.1) is 0 Å². The topological polar surface area (TPSA) is 61.9 Å². The molecule has 1 aliphatic carbocycles. The summed E-state index contributed by atoms with van der Waals surface area (Å²) in [5.41, 5.74) is 0.171. The molecule has 3 rings (SSSR count). The van der Waals surface area contributed by atoms with Gasteiger partial charge in [0, 0.05) is 39.3 Å². The summed E-state index contributed by atoms with van der Waals surface area (Å²) >= 11 is 0. The van der Waals surface area contributed by atoms with E-state index in [0.29, 0.717) is 19.6 Å². The van der Waals surface area contributed by atoms with E-state index in [2.05, 4.69) is 9.62 Å². The van der Waals surface area contributed by atoms with E-state index < -0.39 is 10.2 Å². The Hall–Kier alpha value is -0.210. The zero-order valence-electron chi connectivity index (χ0n) is 12.0. The lowest BCUT2D eigenvalue weighted by Gasteiger charge is -2.31. The van der Waals surface area contributed by atoms with E-state index in [0.717, 1.165) is 58.5 Å². The summed E-state index contributed by atoms with van der Waals surface area (Å²) in [6.07, 6.45) is 4.24. The summed E-state index contributed by atoms with van der Waals surface area (Å²) in [4.78, 5) is 2.40. The molecule has 2 heterocycles. The molecule has 0 aromatic heterocycles. The molecule has 3 fully saturated rings. The first-order chi connectivity index (χ1) is 9.60. The Morgan fingerprint density at radius 3 is 2.30 bits per heavy atom. The van der Waals surface area contributed by atoms with Crippen molar-refractivity contribution in [2.45, 2.75) is 25.7 Å². The first kappa shape index (κ1) is 14.7. The van der Waals surface area contributed by atoms with Crippen LogP contribution >= 0.6 is 0 Å². The third kappa shape index (κ3) is 3.51. The second-order valence-corrected chi connectivity index (χ2v) is 8.08. The number of ether oxygens (including phenoxy) is 1. The van der Waals surface area contributed by atoms with Gasteiger partial charge in [-0.3, -0.25) is 4.90 Å². The van der Waals surface area contributed by atoms with Gasteiger partial charge in [0.05, 0.1) is 13.2 Å². The summed E-state index contributed by atoms with van der Waals surface area (Å²) in [6, 6.07) is 0. The van der Waals surface area contributed by atoms with Crippen LogP contribution in [0.1, 0.15) is 25.7 Å². The molecule has 7 heteroatoms. The Bertz CT molecular complexity index is 424. The Kier molecular flexibility index (Phi) is 4.33. The number of nitrogens with zero attached hydrogens (tertiary/aromatic N) is 2. The van der Waals surface area contributed by atoms with E-state index in [1.807, 2.05) is 0 Å². The van der Waals surface area contributed by atoms with Crippen LogP contribution in [0.15, 0.2) is 0 Å². The maximum atomic E-state index is 12.2. The fraction of sp³-hybridized carbons (Fsp3) is 1.00. The predicted molar refractivity (Wildman–Crippen MR) is 76.7 cm³/mol. The van der Waals surface area contributed by atoms with E-state index in [1.165, 1.54) is 0 Å². The SMILES string of the molecule is O=S(=O)(NCC1(CN2CCOCC2)CC1)N1CCCC1. The minimum absolute atomic E-state index is 0.171. The van der Waals surface area contributed by atoms with E-state index in [9.17, 15) is 8.42 Å². The smallest absolute Gasteiger partial charge is 0.279 e. The molecule has 0 radical (unpaired) electrons. The lowest BCUT2D eigenvalue weighted by Crippen LogP contribution is -2.45. The quantitative estimate of drug-likeness (QED) is 0.752. The molecule has 0 bridgehead atoms. The highest BCUT2D eigenvalue weighted by molar-refractivity contribution is 7.87. The van der Waals surface area contributed by atoms with Crippen molar-refractivity contribution in [3.63, 3.8) is 0 Å². The van der Waals surface area contributed by atoms with Crippen LogP contribution in [0.25, 0.3) is 0 Å². The van der Waals surface area contributed by atoms with Crippen LogP contribution in [-0.2, 0) is 14.9 Å². The van der Waals surface area contributed by atoms with Crippen LogP contribution in [0.2, 0.25) is 0 Å². The van der Waals surface area contributed by atoms with E-state index in [1.54, 1.807) is 4.31 Å². The standard InChI is InChI=1S/C13H25N3O3S/c17-20(18,16-5-1-2-6-16)14-11-13(3-4-13)12-15-7-9-19-10-8-15/h14H,1-12H2. The molecule has 0 spiro atoms. The largest absolute Gasteiger partial charge is 0.379 e. The van der Waals surface area contributed by atoms with Crippen molar-refractivity contribution in [1.29, 1.82) is 0 Å². The summed E-state index contributed by atoms with van der Waals surface area (Å²) < 4.78 is 34.1. The minimum atomic E-state index is -3.25. The van der Waals surface area contributed by atoms with Crippen molar-refractivity contribution in [1.82, 2.24) is 13.9 Å². The molecule has 0 amide bonds. The molecule has 0 unspecified atom stereocenters. The van der Waals surface area contributed by atoms with Gasteiger partial charge < -0.3 is 4.74 Å². The van der Waals surface area contributed by atoms with Crippen molar-refractivity contribution in [2.75, 3.05) is 52.5 Å². The number of hydrogen-bond donors (Lipinski definition) is 1. The highest BCUT2D eigenvalue weighted by Gasteiger charge is 2.45. The number of morpholine rings is 1. The van der Waals surface area contributed by atoms with Gasteiger partial charge in [-0.2, -0.15) is 12.7 Å². The lowest BCUT2D eigenvalue weighted by atomic mass is 10.1. The van der Waals surface area contributed by atoms with Gasteiger partial charge in [-0.1, -0.05) is 0 Å². The molecule has 0 aromatic carbocycles. The molecule has 1 saturated carbocycles. The highest BCUT2D eigenvalue weighted by Crippen LogP contribution is 2.45. The molecule has 0 aromatic rings. The Balaban J connectivity index is 1.49. The van der Waals surface area contributed by atoms with Crippen molar-refractivity contribution in [3.05, 3.63) is 0 Å². The van der Waals surface area contributed by atoms with E-state index in [4.69, 9.17) is 4.74 Å². The summed E-state index contributed by atoms with van der Waals surface area (Å²) in [5.74, 6) is 0. The number of hydrogen-bond acceptors (Lipinski definition) is 4. The molecule has 2 saturated heterocycles. The average Bonchev–Trinajstić information content (AvgIpc) is 2.99. The molecule has 116 valence electrons. The van der Waals surface area contributed by atoms with Crippen LogP contribution in [-0.4, -0.2) is 70.1 Å². The molecule has 20 heavy (non-hydrogen) atoms. The fourth-order valence-corrected chi connectivity index (χ4v) is 4.48. The van der Waals surface area contributed by atoms with Crippen LogP contribution in [0, 0.1) is 5.41 Å². The third-order valence-electron chi connectivity index (χ3n) is 4.65. The Morgan fingerprint density at radius 1 is 1.05 bits per heavy atom. The van der Waals surface area contributed by atoms with Crippen molar-refractivity contribution < 1.29 is 13.2 Å². The molecular formula is C13H25N3O3S. The third-order valence-corrected chi connectivity index (χ3v) is 6.21. The van der Waals surface area contributed by atoms with Gasteiger partial charge >= 0.3 is 0 Å². The van der Waals surface area contributed by atoms with E-state index >= 15 is 0 Å². The Labute approximate surface area is 121 Å². The fourth-order valence-electron chi connectivity index (χ4n) is 3.07. The summed E-state index contributed by atoms with van der Waals surface area (Å²) in [7, 11) is -3.25. The van der Waals surface area contributed by atoms with Crippen LogP contribution in [0.3, 0.4) is 0 Å². The van der Waals surface area contributed by atoms with Gasteiger partial charge in [0.15, 0.2) is 0 Å². The van der Waals surface area contributed by atoms with Gasteiger partial charge in [0.2, 0.25) is 0 Å². The second-order valence-electron chi connectivity index (χ2n) is 6.32. The zero-order chi connectivity index (χ0) is 14.1. The van der Waals surface area contributed by atoms with Gasteiger partial charge in [-0.05, 0) is 31.1 Å². The van der Waals surface area contributed by atoms with Crippen molar-refractivity contribution >= 4 is 10.2 Å². The maximum absolute atomic E-state index is 12.2. The van der Waals surface area contributed by atoms with Gasteiger partial charge in [0.25, 0.3) is 10.2 Å². The number of nitrogens with one attached hydrogen (secondary N) is 1. The second kappa shape index (κ2) is 5.88. The van der Waals surface area contributed by atoms with Gasteiger partial charge in [0.1, 0.15) is 0 Å². The predicted octanol–water partition coefficient (Wildman–Crippen LogP) is 0.0290. The summed E-state index contributed by atoms with van der Waals surface area (Å²) in [5, 5.41) is 0. The van der Waals surface area contributed by atoms with Crippen LogP contribution in [0.4, 0.5) is 0 Å². The van der Waals surface area contributed by atoms with Crippen molar-refractivity contribution in [3.8, 4) is 0 Å². The normalized spacial score (nSPS) is 27.8. The van der Waals surface area contributed by atoms with E-state index in [-0.39, 0.29) is 5.41 Å². The zero-order valence-corrected chi connectivity index (χ0v) is 12.8. The highest BCUT2D eigenvalue weighted by atomic mass is 32.2. The first-order valence-corrected chi connectivity index (χ1v) is 9.09. The molecular weight excluding hydrogens is 278 g/mol. The minimum Gasteiger partial charge on any atom is -0.379 e. The average molecular weight is 303 g/mol. The molecule has 3 aliphatic rings. The monoisotopic (exact) mass is 303 g/mol. The maximum Gasteiger partial charge on any atom is 0.279 e. The first-order valence-electron chi connectivity index (χ1n) is 7.65. The molecule has 2 aliphatic heterocycles. The Morgan fingerprint density at radius 2 is 1.70 bits per heavy atom.